The summed E-state index contributed by atoms with van der Waals surface area (Å²) >= 11 is 1.57. The van der Waals surface area contributed by atoms with Crippen LogP contribution in [-0.4, -0.2) is 41.2 Å². The fourth-order valence-corrected chi connectivity index (χ4v) is 2.64. The maximum atomic E-state index is 11.8. The predicted molar refractivity (Wildman–Crippen MR) is 79.1 cm³/mol. The van der Waals surface area contributed by atoms with E-state index in [0.717, 1.165) is 17.1 Å². The number of nitrogens with zero attached hydrogens (tertiary/aromatic N) is 1. The van der Waals surface area contributed by atoms with Gasteiger partial charge in [-0.1, -0.05) is 6.92 Å². The lowest BCUT2D eigenvalue weighted by Crippen LogP contribution is -2.24. The largest absolute Gasteiger partial charge is 0.325 e. The number of amides is 3. The molecule has 6 heteroatoms. The molecule has 1 aliphatic heterocycles. The lowest BCUT2D eigenvalue weighted by atomic mass is 10.1. The van der Waals surface area contributed by atoms with Gasteiger partial charge in [0.05, 0.1) is 16.9 Å². The van der Waals surface area contributed by atoms with E-state index in [0.29, 0.717) is 22.6 Å². The van der Waals surface area contributed by atoms with Gasteiger partial charge in [0, 0.05) is 12.7 Å². The van der Waals surface area contributed by atoms with Crippen molar-refractivity contribution in [3.8, 4) is 0 Å². The van der Waals surface area contributed by atoms with Crippen LogP contribution in [0.1, 0.15) is 34.1 Å². The predicted octanol–water partition coefficient (Wildman–Crippen LogP) is 1.99. The van der Waals surface area contributed by atoms with Crippen molar-refractivity contribution in [1.29, 1.82) is 0 Å². The first-order chi connectivity index (χ1) is 9.54. The summed E-state index contributed by atoms with van der Waals surface area (Å²) in [4.78, 5) is 36.4. The molecule has 0 atom stereocenters. The zero-order valence-corrected chi connectivity index (χ0v) is 12.3. The molecule has 0 aromatic heterocycles. The second kappa shape index (κ2) is 6.09. The van der Waals surface area contributed by atoms with Crippen molar-refractivity contribution < 1.29 is 14.4 Å². The molecule has 2 rings (SSSR count). The van der Waals surface area contributed by atoms with Gasteiger partial charge < -0.3 is 5.32 Å². The minimum atomic E-state index is -0.332. The smallest absolute Gasteiger partial charge is 0.261 e. The van der Waals surface area contributed by atoms with Crippen LogP contribution >= 0.6 is 11.8 Å². The van der Waals surface area contributed by atoms with E-state index in [2.05, 4.69) is 12.2 Å². The number of carbonyl (C=O) groups excluding carboxylic acids is 3. The number of anilines is 1. The van der Waals surface area contributed by atoms with Crippen molar-refractivity contribution in [2.45, 2.75) is 13.3 Å². The van der Waals surface area contributed by atoms with Gasteiger partial charge in [-0.3, -0.25) is 19.3 Å². The second-order valence-electron chi connectivity index (χ2n) is 4.53. The first kappa shape index (κ1) is 14.6. The van der Waals surface area contributed by atoms with Crippen LogP contribution in [-0.2, 0) is 4.79 Å². The fourth-order valence-electron chi connectivity index (χ4n) is 1.95. The van der Waals surface area contributed by atoms with Crippen LogP contribution in [0.15, 0.2) is 18.2 Å². The molecule has 0 spiro atoms. The monoisotopic (exact) mass is 292 g/mol. The maximum absolute atomic E-state index is 11.8. The minimum Gasteiger partial charge on any atom is -0.325 e. The number of nitrogens with one attached hydrogen (secondary N) is 1. The average Bonchev–Trinajstić information content (AvgIpc) is 2.64. The summed E-state index contributed by atoms with van der Waals surface area (Å²) in [5.74, 6) is 0.587. The molecule has 1 aromatic carbocycles. The number of thioether (sulfide) groups is 1. The highest BCUT2D eigenvalue weighted by Gasteiger charge is 2.32. The normalized spacial score (nSPS) is 13.6. The van der Waals surface area contributed by atoms with Crippen LogP contribution in [0.4, 0.5) is 5.69 Å². The molecule has 3 amide bonds. The van der Waals surface area contributed by atoms with Gasteiger partial charge in [0.1, 0.15) is 0 Å². The van der Waals surface area contributed by atoms with Crippen molar-refractivity contribution in [3.05, 3.63) is 29.3 Å². The zero-order valence-electron chi connectivity index (χ0n) is 11.4. The molecule has 0 unspecified atom stereocenters. The number of benzene rings is 1. The SMILES string of the molecule is CCCSCC(=O)Nc1ccc2c(c1)C(=O)N(C)C2=O. The Balaban J connectivity index is 2.07. The Labute approximate surface area is 121 Å². The Morgan fingerprint density at radius 3 is 2.65 bits per heavy atom. The number of hydrogen-bond donors (Lipinski definition) is 1. The van der Waals surface area contributed by atoms with E-state index < -0.39 is 0 Å². The summed E-state index contributed by atoms with van der Waals surface area (Å²) < 4.78 is 0. The molecule has 1 heterocycles. The molecule has 0 saturated carbocycles. The number of imide groups is 1. The van der Waals surface area contributed by atoms with Crippen molar-refractivity contribution >= 4 is 35.2 Å². The van der Waals surface area contributed by atoms with Crippen LogP contribution in [0, 0.1) is 0 Å². The summed E-state index contributed by atoms with van der Waals surface area (Å²) in [6.07, 6.45) is 1.03. The second-order valence-corrected chi connectivity index (χ2v) is 5.64. The molecule has 0 bridgehead atoms. The van der Waals surface area contributed by atoms with Gasteiger partial charge in [-0.2, -0.15) is 11.8 Å². The Bertz CT molecular complexity index is 572. The average molecular weight is 292 g/mol. The molecule has 1 aliphatic rings. The third-order valence-corrected chi connectivity index (χ3v) is 4.12. The Hall–Kier alpha value is -1.82. The number of hydrogen-bond acceptors (Lipinski definition) is 4. The van der Waals surface area contributed by atoms with Crippen LogP contribution < -0.4 is 5.32 Å². The molecule has 0 saturated heterocycles. The van der Waals surface area contributed by atoms with Crippen LogP contribution in [0.3, 0.4) is 0 Å². The summed E-state index contributed by atoms with van der Waals surface area (Å²) in [6.45, 7) is 2.06. The number of rotatable bonds is 5. The van der Waals surface area contributed by atoms with Crippen LogP contribution in [0.2, 0.25) is 0 Å². The molecule has 5 nitrogen and oxygen atoms in total. The van der Waals surface area contributed by atoms with Crippen molar-refractivity contribution in [1.82, 2.24) is 4.90 Å². The van der Waals surface area contributed by atoms with Gasteiger partial charge in [-0.05, 0) is 30.4 Å². The Morgan fingerprint density at radius 1 is 1.25 bits per heavy atom. The maximum Gasteiger partial charge on any atom is 0.261 e. The molecule has 20 heavy (non-hydrogen) atoms. The fraction of sp³-hybridized carbons (Fsp3) is 0.357. The number of fused-ring (bicyclic) bond motifs is 1. The van der Waals surface area contributed by atoms with Gasteiger partial charge in [0.15, 0.2) is 0 Å². The molecule has 1 N–H and O–H groups in total. The lowest BCUT2D eigenvalue weighted by molar-refractivity contribution is -0.113. The first-order valence-corrected chi connectivity index (χ1v) is 7.54. The standard InChI is InChI=1S/C14H16N2O3S/c1-3-6-20-8-12(17)15-9-4-5-10-11(7-9)14(19)16(2)13(10)18/h4-5,7H,3,6,8H2,1-2H3,(H,15,17). The molecule has 0 aliphatic carbocycles. The van der Waals surface area contributed by atoms with E-state index in [1.165, 1.54) is 7.05 Å². The van der Waals surface area contributed by atoms with E-state index in [1.807, 2.05) is 0 Å². The van der Waals surface area contributed by atoms with Gasteiger partial charge in [-0.25, -0.2) is 0 Å². The van der Waals surface area contributed by atoms with Crippen molar-refractivity contribution in [2.75, 3.05) is 23.9 Å². The highest BCUT2D eigenvalue weighted by molar-refractivity contribution is 7.99. The van der Waals surface area contributed by atoms with E-state index in [9.17, 15) is 14.4 Å². The van der Waals surface area contributed by atoms with E-state index >= 15 is 0 Å². The molecular formula is C14H16N2O3S. The Kier molecular flexibility index (Phi) is 4.44. The molecular weight excluding hydrogens is 276 g/mol. The summed E-state index contributed by atoms with van der Waals surface area (Å²) in [5, 5.41) is 2.74. The third-order valence-electron chi connectivity index (χ3n) is 2.96. The van der Waals surface area contributed by atoms with Gasteiger partial charge in [0.25, 0.3) is 11.8 Å². The van der Waals surface area contributed by atoms with Gasteiger partial charge >= 0.3 is 0 Å². The summed E-state index contributed by atoms with van der Waals surface area (Å²) in [7, 11) is 1.45. The molecule has 0 radical (unpaired) electrons. The first-order valence-electron chi connectivity index (χ1n) is 6.38. The van der Waals surface area contributed by atoms with Crippen LogP contribution in [0.25, 0.3) is 0 Å². The molecule has 106 valence electrons. The highest BCUT2D eigenvalue weighted by atomic mass is 32.2. The summed E-state index contributed by atoms with van der Waals surface area (Å²) in [5.41, 5.74) is 1.27. The van der Waals surface area contributed by atoms with Gasteiger partial charge in [-0.15, -0.1) is 0 Å². The third kappa shape index (κ3) is 2.85. The highest BCUT2D eigenvalue weighted by Crippen LogP contribution is 2.24. The topological polar surface area (TPSA) is 66.5 Å². The van der Waals surface area contributed by atoms with Crippen molar-refractivity contribution in [2.24, 2.45) is 0 Å². The summed E-state index contributed by atoms with van der Waals surface area (Å²) in [6, 6.07) is 4.78. The molecule has 0 fully saturated rings. The molecule has 1 aromatic rings. The van der Waals surface area contributed by atoms with E-state index in [1.54, 1.807) is 30.0 Å². The van der Waals surface area contributed by atoms with Crippen LogP contribution in [0.5, 0.6) is 0 Å². The Morgan fingerprint density at radius 2 is 1.95 bits per heavy atom. The van der Waals surface area contributed by atoms with Gasteiger partial charge in [0.2, 0.25) is 5.91 Å². The van der Waals surface area contributed by atoms with Crippen molar-refractivity contribution in [3.63, 3.8) is 0 Å². The lowest BCUT2D eigenvalue weighted by Gasteiger charge is -2.06. The zero-order chi connectivity index (χ0) is 14.7. The quantitative estimate of drug-likeness (QED) is 0.666. The minimum absolute atomic E-state index is 0.103. The van der Waals surface area contributed by atoms with E-state index in [-0.39, 0.29) is 17.7 Å². The number of carbonyl (C=O) groups is 3. The van der Waals surface area contributed by atoms with E-state index in [4.69, 9.17) is 0 Å².